The highest BCUT2D eigenvalue weighted by atomic mass is 79.9. The third-order valence-corrected chi connectivity index (χ3v) is 3.26. The van der Waals surface area contributed by atoms with Gasteiger partial charge in [-0.15, -0.1) is 0 Å². The van der Waals surface area contributed by atoms with E-state index in [-0.39, 0.29) is 17.2 Å². The van der Waals surface area contributed by atoms with Crippen molar-refractivity contribution in [2.24, 2.45) is 0 Å². The monoisotopic (exact) mass is 343 g/mol. The molecule has 1 rings (SSSR count). The Morgan fingerprint density at radius 2 is 2.00 bits per heavy atom. The second-order valence-corrected chi connectivity index (χ2v) is 5.20. The summed E-state index contributed by atoms with van der Waals surface area (Å²) < 4.78 is 0.421. The average molecular weight is 344 g/mol. The van der Waals surface area contributed by atoms with E-state index < -0.39 is 16.9 Å². The van der Waals surface area contributed by atoms with Crippen LogP contribution in [0.15, 0.2) is 22.7 Å². The average Bonchev–Trinajstić information content (AvgIpc) is 2.37. The van der Waals surface area contributed by atoms with Gasteiger partial charge in [-0.05, 0) is 28.9 Å². The van der Waals surface area contributed by atoms with Crippen molar-refractivity contribution in [1.82, 2.24) is 10.2 Å². The highest BCUT2D eigenvalue weighted by molar-refractivity contribution is 9.10. The van der Waals surface area contributed by atoms with Gasteiger partial charge in [0.2, 0.25) is 5.91 Å². The number of benzene rings is 1. The fraction of sp³-hybridized carbons (Fsp3) is 0.333. The highest BCUT2D eigenvalue weighted by Crippen LogP contribution is 2.22. The molecule has 2 amide bonds. The van der Waals surface area contributed by atoms with Crippen molar-refractivity contribution in [1.29, 1.82) is 0 Å². The molecule has 1 aromatic carbocycles. The number of rotatable bonds is 4. The lowest BCUT2D eigenvalue weighted by atomic mass is 10.1. The van der Waals surface area contributed by atoms with Gasteiger partial charge in [0, 0.05) is 30.7 Å². The van der Waals surface area contributed by atoms with Gasteiger partial charge < -0.3 is 10.2 Å². The molecular formula is C12H14BrN3O4. The molecule has 0 saturated carbocycles. The van der Waals surface area contributed by atoms with Gasteiger partial charge in [0.1, 0.15) is 6.04 Å². The van der Waals surface area contributed by atoms with Crippen LogP contribution in [0.3, 0.4) is 0 Å². The van der Waals surface area contributed by atoms with Crippen molar-refractivity contribution < 1.29 is 14.5 Å². The van der Waals surface area contributed by atoms with E-state index in [1.807, 2.05) is 0 Å². The summed E-state index contributed by atoms with van der Waals surface area (Å²) in [5.41, 5.74) is -0.0810. The van der Waals surface area contributed by atoms with E-state index in [9.17, 15) is 19.7 Å². The van der Waals surface area contributed by atoms with Crippen LogP contribution in [0.5, 0.6) is 0 Å². The van der Waals surface area contributed by atoms with Gasteiger partial charge >= 0.3 is 0 Å². The predicted octanol–water partition coefficient (Wildman–Crippen LogP) is 1.56. The first-order valence-corrected chi connectivity index (χ1v) is 6.49. The van der Waals surface area contributed by atoms with Crippen LogP contribution < -0.4 is 5.32 Å². The smallest absolute Gasteiger partial charge is 0.270 e. The van der Waals surface area contributed by atoms with E-state index in [1.54, 1.807) is 21.0 Å². The molecule has 1 unspecified atom stereocenters. The molecule has 7 nitrogen and oxygen atoms in total. The van der Waals surface area contributed by atoms with Gasteiger partial charge in [-0.3, -0.25) is 19.7 Å². The number of non-ortho nitro benzene ring substituents is 1. The van der Waals surface area contributed by atoms with Crippen molar-refractivity contribution >= 4 is 33.4 Å². The summed E-state index contributed by atoms with van der Waals surface area (Å²) in [5, 5.41) is 13.2. The molecule has 0 aliphatic heterocycles. The molecule has 8 heteroatoms. The lowest BCUT2D eigenvalue weighted by Crippen LogP contribution is -2.44. The molecule has 0 spiro atoms. The number of nitrogens with zero attached hydrogens (tertiary/aromatic N) is 2. The molecule has 0 aliphatic rings. The number of nitro benzene ring substituents is 1. The Kier molecular flexibility index (Phi) is 5.20. The number of carbonyl (C=O) groups excluding carboxylic acids is 2. The van der Waals surface area contributed by atoms with Crippen molar-refractivity contribution in [2.75, 3.05) is 14.1 Å². The van der Waals surface area contributed by atoms with E-state index in [0.29, 0.717) is 4.47 Å². The summed E-state index contributed by atoms with van der Waals surface area (Å²) in [6, 6.07) is 3.15. The van der Waals surface area contributed by atoms with E-state index in [1.165, 1.54) is 17.0 Å². The molecule has 0 heterocycles. The minimum Gasteiger partial charge on any atom is -0.347 e. The standard InChI is InChI=1S/C12H14BrN3O4/c1-7(12(18)15(2)3)14-11(17)9-6-8(16(19)20)4-5-10(9)13/h4-7H,1-3H3,(H,14,17). The zero-order valence-electron chi connectivity index (χ0n) is 11.2. The Labute approximate surface area is 124 Å². The van der Waals surface area contributed by atoms with E-state index >= 15 is 0 Å². The van der Waals surface area contributed by atoms with Crippen LogP contribution in [0.1, 0.15) is 17.3 Å². The lowest BCUT2D eigenvalue weighted by molar-refractivity contribution is -0.384. The van der Waals surface area contributed by atoms with Crippen LogP contribution in [0, 0.1) is 10.1 Å². The third kappa shape index (κ3) is 3.77. The first-order valence-electron chi connectivity index (χ1n) is 5.70. The zero-order chi connectivity index (χ0) is 15.4. The molecule has 0 aromatic heterocycles. The molecule has 0 bridgehead atoms. The van der Waals surface area contributed by atoms with Crippen molar-refractivity contribution in [2.45, 2.75) is 13.0 Å². The van der Waals surface area contributed by atoms with Gasteiger partial charge in [0.15, 0.2) is 0 Å². The number of hydrogen-bond donors (Lipinski definition) is 1. The van der Waals surface area contributed by atoms with E-state index in [4.69, 9.17) is 0 Å². The number of amides is 2. The molecule has 1 aromatic rings. The summed E-state index contributed by atoms with van der Waals surface area (Å²) >= 11 is 3.16. The minimum absolute atomic E-state index is 0.109. The molecule has 0 aliphatic carbocycles. The van der Waals surface area contributed by atoms with Gasteiger partial charge in [0.25, 0.3) is 11.6 Å². The maximum absolute atomic E-state index is 12.0. The maximum Gasteiger partial charge on any atom is 0.270 e. The highest BCUT2D eigenvalue weighted by Gasteiger charge is 2.21. The summed E-state index contributed by atoms with van der Waals surface area (Å²) in [6.45, 7) is 1.55. The predicted molar refractivity (Wildman–Crippen MR) is 76.4 cm³/mol. The molecule has 1 N–H and O–H groups in total. The van der Waals surface area contributed by atoms with Gasteiger partial charge in [0.05, 0.1) is 10.5 Å². The molecular weight excluding hydrogens is 330 g/mol. The van der Waals surface area contributed by atoms with Crippen molar-refractivity contribution in [3.05, 3.63) is 38.3 Å². The van der Waals surface area contributed by atoms with Crippen LogP contribution in [0.2, 0.25) is 0 Å². The van der Waals surface area contributed by atoms with E-state index in [2.05, 4.69) is 21.2 Å². The Morgan fingerprint density at radius 1 is 1.40 bits per heavy atom. The lowest BCUT2D eigenvalue weighted by Gasteiger charge is -2.18. The number of likely N-dealkylation sites (N-methyl/N-ethyl adjacent to an activating group) is 1. The largest absolute Gasteiger partial charge is 0.347 e. The Morgan fingerprint density at radius 3 is 2.50 bits per heavy atom. The first-order chi connectivity index (χ1) is 9.23. The Bertz CT molecular complexity index is 560. The molecule has 0 radical (unpaired) electrons. The molecule has 0 saturated heterocycles. The molecule has 1 atom stereocenters. The number of carbonyl (C=O) groups is 2. The summed E-state index contributed by atoms with van der Waals surface area (Å²) in [7, 11) is 3.16. The minimum atomic E-state index is -0.719. The van der Waals surface area contributed by atoms with Crippen LogP contribution in [0.25, 0.3) is 0 Å². The zero-order valence-corrected chi connectivity index (χ0v) is 12.8. The molecule has 108 valence electrons. The second-order valence-electron chi connectivity index (χ2n) is 4.35. The number of halogens is 1. The normalized spacial score (nSPS) is 11.6. The van der Waals surface area contributed by atoms with Gasteiger partial charge in [-0.1, -0.05) is 0 Å². The number of nitrogens with one attached hydrogen (secondary N) is 1. The Hall–Kier alpha value is -1.96. The SMILES string of the molecule is CC(NC(=O)c1cc([N+](=O)[O-])ccc1Br)C(=O)N(C)C. The van der Waals surface area contributed by atoms with Gasteiger partial charge in [-0.25, -0.2) is 0 Å². The number of hydrogen-bond acceptors (Lipinski definition) is 4. The molecule has 0 fully saturated rings. The topological polar surface area (TPSA) is 92.5 Å². The van der Waals surface area contributed by atoms with Crippen LogP contribution in [0.4, 0.5) is 5.69 Å². The summed E-state index contributed by atoms with van der Waals surface area (Å²) in [6.07, 6.45) is 0. The van der Waals surface area contributed by atoms with Crippen molar-refractivity contribution in [3.8, 4) is 0 Å². The fourth-order valence-electron chi connectivity index (χ4n) is 1.52. The Balaban J connectivity index is 2.95. The quantitative estimate of drug-likeness (QED) is 0.663. The van der Waals surface area contributed by atoms with Crippen LogP contribution >= 0.6 is 15.9 Å². The van der Waals surface area contributed by atoms with Crippen molar-refractivity contribution in [3.63, 3.8) is 0 Å². The summed E-state index contributed by atoms with van der Waals surface area (Å²) in [5.74, 6) is -0.817. The third-order valence-electron chi connectivity index (χ3n) is 2.56. The summed E-state index contributed by atoms with van der Waals surface area (Å²) in [4.78, 5) is 35.2. The first kappa shape index (κ1) is 16.1. The van der Waals surface area contributed by atoms with E-state index in [0.717, 1.165) is 6.07 Å². The molecule has 20 heavy (non-hydrogen) atoms. The maximum atomic E-state index is 12.0. The van der Waals surface area contributed by atoms with Crippen LogP contribution in [-0.4, -0.2) is 41.8 Å². The second kappa shape index (κ2) is 6.47. The number of nitro groups is 1. The fourth-order valence-corrected chi connectivity index (χ4v) is 1.95. The van der Waals surface area contributed by atoms with Crippen LogP contribution in [-0.2, 0) is 4.79 Å². The van der Waals surface area contributed by atoms with Gasteiger partial charge in [-0.2, -0.15) is 0 Å².